The summed E-state index contributed by atoms with van der Waals surface area (Å²) < 4.78 is 8.93. The van der Waals surface area contributed by atoms with Crippen molar-refractivity contribution in [3.63, 3.8) is 0 Å². The molecule has 0 saturated heterocycles. The lowest BCUT2D eigenvalue weighted by molar-refractivity contribution is 0.477. The molecule has 0 spiro atoms. The molecule has 0 radical (unpaired) electrons. The van der Waals surface area contributed by atoms with Crippen molar-refractivity contribution in [1.82, 2.24) is 19.5 Å². The SMILES string of the molecule is c1ccc(-c2nc(-c3ccccc3)nc(-c3cccc(-n4c5ccccc5c5ccc(-c6cccc(-c7ccc8c(c7)Oc7ccccc7N8c7ccccc7)c6)cc54)c3)n2)cc1. The van der Waals surface area contributed by atoms with Crippen LogP contribution in [0.15, 0.2) is 224 Å². The number of para-hydroxylation sites is 4. The fourth-order valence-electron chi connectivity index (χ4n) is 8.82. The van der Waals surface area contributed by atoms with E-state index < -0.39 is 0 Å². The molecular weight excluding hydrogens is 771 g/mol. The van der Waals surface area contributed by atoms with Gasteiger partial charge in [-0.2, -0.15) is 0 Å². The molecule has 1 aliphatic heterocycles. The van der Waals surface area contributed by atoms with Crippen molar-refractivity contribution in [1.29, 1.82) is 0 Å². The largest absolute Gasteiger partial charge is 0.453 e. The van der Waals surface area contributed by atoms with Gasteiger partial charge in [0.15, 0.2) is 29.0 Å². The first-order valence-corrected chi connectivity index (χ1v) is 21.1. The van der Waals surface area contributed by atoms with Crippen molar-refractivity contribution in [2.45, 2.75) is 0 Å². The molecule has 6 nitrogen and oxygen atoms in total. The second-order valence-electron chi connectivity index (χ2n) is 15.7. The summed E-state index contributed by atoms with van der Waals surface area (Å²) in [6.45, 7) is 0. The molecule has 6 heteroatoms. The summed E-state index contributed by atoms with van der Waals surface area (Å²) in [5.41, 5.74) is 13.6. The predicted molar refractivity (Wildman–Crippen MR) is 256 cm³/mol. The second-order valence-corrected chi connectivity index (χ2v) is 15.7. The number of fused-ring (bicyclic) bond motifs is 5. The van der Waals surface area contributed by atoms with Gasteiger partial charge in [0.1, 0.15) is 0 Å². The fraction of sp³-hybridized carbons (Fsp3) is 0. The van der Waals surface area contributed by atoms with Crippen LogP contribution in [0.1, 0.15) is 0 Å². The van der Waals surface area contributed by atoms with E-state index in [-0.39, 0.29) is 0 Å². The van der Waals surface area contributed by atoms with Crippen molar-refractivity contribution in [2.75, 3.05) is 4.90 Å². The summed E-state index contributed by atoms with van der Waals surface area (Å²) in [5, 5.41) is 2.38. The average Bonchev–Trinajstić information content (AvgIpc) is 3.70. The molecule has 0 amide bonds. The Balaban J connectivity index is 0.945. The molecule has 0 unspecified atom stereocenters. The standard InChI is InChI=1S/C57H37N5O/c1-4-16-38(17-5-1)55-58-56(39-18-6-2-7-19-39)60-57(59-55)44-22-15-25-46(35-44)62-49-27-11-10-26-47(49)48-32-30-42(36-52(48)62)40-20-14-21-41(34-40)43-31-33-51-54(37-43)63-53-29-13-12-28-50(53)61(51)45-23-8-3-9-24-45/h1-37H. The normalized spacial score (nSPS) is 11.9. The van der Waals surface area contributed by atoms with Crippen LogP contribution < -0.4 is 9.64 Å². The first-order valence-electron chi connectivity index (χ1n) is 21.1. The van der Waals surface area contributed by atoms with E-state index >= 15 is 0 Å². The molecule has 296 valence electrons. The smallest absolute Gasteiger partial charge is 0.164 e. The maximum absolute atomic E-state index is 6.57. The van der Waals surface area contributed by atoms with Gasteiger partial charge in [0, 0.05) is 38.8 Å². The highest BCUT2D eigenvalue weighted by atomic mass is 16.5. The van der Waals surface area contributed by atoms with Gasteiger partial charge in [-0.05, 0) is 89.0 Å². The zero-order valence-corrected chi connectivity index (χ0v) is 34.0. The summed E-state index contributed by atoms with van der Waals surface area (Å²) in [6, 6.07) is 78.1. The van der Waals surface area contributed by atoms with Crippen LogP contribution in [0.2, 0.25) is 0 Å². The Morgan fingerprint density at radius 3 is 1.56 bits per heavy atom. The van der Waals surface area contributed by atoms with Gasteiger partial charge in [-0.25, -0.2) is 15.0 Å². The van der Waals surface area contributed by atoms with E-state index in [1.165, 1.54) is 10.8 Å². The van der Waals surface area contributed by atoms with Crippen molar-refractivity contribution >= 4 is 38.9 Å². The second kappa shape index (κ2) is 15.1. The minimum atomic E-state index is 0.618. The number of anilines is 3. The lowest BCUT2D eigenvalue weighted by atomic mass is 9.97. The number of benzene rings is 9. The van der Waals surface area contributed by atoms with E-state index in [0.29, 0.717) is 17.5 Å². The third-order valence-corrected chi connectivity index (χ3v) is 11.8. The maximum atomic E-state index is 6.57. The van der Waals surface area contributed by atoms with Crippen LogP contribution in [-0.4, -0.2) is 19.5 Å². The highest BCUT2D eigenvalue weighted by Crippen LogP contribution is 2.51. The molecule has 11 aromatic rings. The van der Waals surface area contributed by atoms with Gasteiger partial charge in [0.05, 0.1) is 22.4 Å². The molecule has 3 heterocycles. The molecule has 0 aliphatic carbocycles. The zero-order valence-electron chi connectivity index (χ0n) is 34.0. The number of ether oxygens (including phenoxy) is 1. The Hall–Kier alpha value is -8.61. The van der Waals surface area contributed by atoms with E-state index in [1.807, 2.05) is 78.9 Å². The molecule has 0 bridgehead atoms. The molecule has 0 N–H and O–H groups in total. The Kier molecular flexibility index (Phi) is 8.71. The summed E-state index contributed by atoms with van der Waals surface area (Å²) >= 11 is 0. The number of hydrogen-bond acceptors (Lipinski definition) is 5. The third kappa shape index (κ3) is 6.49. The Labute approximate surface area is 364 Å². The van der Waals surface area contributed by atoms with Crippen LogP contribution in [0.4, 0.5) is 17.1 Å². The summed E-state index contributed by atoms with van der Waals surface area (Å²) in [5.74, 6) is 3.54. The third-order valence-electron chi connectivity index (χ3n) is 11.8. The zero-order chi connectivity index (χ0) is 41.7. The Morgan fingerprint density at radius 1 is 0.302 bits per heavy atom. The Bertz CT molecular complexity index is 3430. The van der Waals surface area contributed by atoms with Crippen LogP contribution in [0.5, 0.6) is 11.5 Å². The molecule has 12 rings (SSSR count). The van der Waals surface area contributed by atoms with E-state index in [0.717, 1.165) is 84.2 Å². The van der Waals surface area contributed by atoms with Crippen LogP contribution in [0.3, 0.4) is 0 Å². The molecule has 1 aliphatic rings. The van der Waals surface area contributed by atoms with Gasteiger partial charge in [-0.3, -0.25) is 0 Å². The molecule has 63 heavy (non-hydrogen) atoms. The minimum Gasteiger partial charge on any atom is -0.453 e. The van der Waals surface area contributed by atoms with Gasteiger partial charge in [-0.15, -0.1) is 0 Å². The molecular formula is C57H37N5O. The van der Waals surface area contributed by atoms with Gasteiger partial charge < -0.3 is 14.2 Å². The first-order chi connectivity index (χ1) is 31.2. The van der Waals surface area contributed by atoms with Gasteiger partial charge in [-0.1, -0.05) is 158 Å². The minimum absolute atomic E-state index is 0.618. The highest BCUT2D eigenvalue weighted by Gasteiger charge is 2.26. The monoisotopic (exact) mass is 807 g/mol. The van der Waals surface area contributed by atoms with Gasteiger partial charge in [0.25, 0.3) is 0 Å². The Morgan fingerprint density at radius 2 is 0.810 bits per heavy atom. The van der Waals surface area contributed by atoms with E-state index in [4.69, 9.17) is 19.7 Å². The maximum Gasteiger partial charge on any atom is 0.164 e. The highest BCUT2D eigenvalue weighted by molar-refractivity contribution is 6.10. The van der Waals surface area contributed by atoms with Gasteiger partial charge in [0.2, 0.25) is 0 Å². The topological polar surface area (TPSA) is 56.1 Å². The number of hydrogen-bond donors (Lipinski definition) is 0. The lowest BCUT2D eigenvalue weighted by Gasteiger charge is -2.33. The van der Waals surface area contributed by atoms with Crippen LogP contribution in [0.25, 0.3) is 83.9 Å². The van der Waals surface area contributed by atoms with Crippen LogP contribution in [0, 0.1) is 0 Å². The first kappa shape index (κ1) is 36.3. The quantitative estimate of drug-likeness (QED) is 0.161. The number of aromatic nitrogens is 4. The number of rotatable bonds is 7. The van der Waals surface area contributed by atoms with Crippen LogP contribution >= 0.6 is 0 Å². The average molecular weight is 808 g/mol. The van der Waals surface area contributed by atoms with Crippen molar-refractivity contribution in [3.05, 3.63) is 224 Å². The van der Waals surface area contributed by atoms with E-state index in [1.54, 1.807) is 0 Å². The van der Waals surface area contributed by atoms with Gasteiger partial charge >= 0.3 is 0 Å². The molecule has 2 aromatic heterocycles. The fourth-order valence-corrected chi connectivity index (χ4v) is 8.82. The summed E-state index contributed by atoms with van der Waals surface area (Å²) in [6.07, 6.45) is 0. The van der Waals surface area contributed by atoms with E-state index in [9.17, 15) is 0 Å². The molecule has 0 saturated carbocycles. The number of nitrogens with zero attached hydrogens (tertiary/aromatic N) is 5. The predicted octanol–water partition coefficient (Wildman–Crippen LogP) is 14.9. The lowest BCUT2D eigenvalue weighted by Crippen LogP contribution is -2.15. The molecule has 9 aromatic carbocycles. The molecule has 0 fully saturated rings. The van der Waals surface area contributed by atoms with Crippen LogP contribution in [-0.2, 0) is 0 Å². The van der Waals surface area contributed by atoms with Crippen molar-refractivity contribution in [2.24, 2.45) is 0 Å². The summed E-state index contributed by atoms with van der Waals surface area (Å²) in [7, 11) is 0. The van der Waals surface area contributed by atoms with Crippen molar-refractivity contribution in [3.8, 4) is 73.6 Å². The van der Waals surface area contributed by atoms with Crippen molar-refractivity contribution < 1.29 is 4.74 Å². The summed E-state index contributed by atoms with van der Waals surface area (Å²) in [4.78, 5) is 17.3. The van der Waals surface area contributed by atoms with E-state index in [2.05, 4.69) is 155 Å². The molecule has 0 atom stereocenters.